The third-order valence-corrected chi connectivity index (χ3v) is 3.72. The molecule has 0 saturated carbocycles. The summed E-state index contributed by atoms with van der Waals surface area (Å²) >= 11 is 0. The number of nitrogens with one attached hydrogen (secondary N) is 2. The van der Waals surface area contributed by atoms with Crippen LogP contribution in [0.15, 0.2) is 0 Å². The van der Waals surface area contributed by atoms with Crippen LogP contribution >= 0.6 is 0 Å². The molecule has 1 aliphatic rings. The molecule has 0 aromatic rings. The van der Waals surface area contributed by atoms with Gasteiger partial charge in [0.15, 0.2) is 0 Å². The Bertz CT molecular complexity index is 162. The molecule has 0 bridgehead atoms. The molecule has 1 heterocycles. The van der Waals surface area contributed by atoms with Gasteiger partial charge < -0.3 is 10.6 Å². The molecule has 1 saturated heterocycles. The maximum atomic E-state index is 3.57. The molecule has 102 valence electrons. The average molecular weight is 240 g/mol. The molecule has 0 spiro atoms. The SMILES string of the molecule is CC(C)CCCCCCNCCC1CCCN1. The lowest BCUT2D eigenvalue weighted by Gasteiger charge is -2.10. The van der Waals surface area contributed by atoms with Gasteiger partial charge in [-0.3, -0.25) is 0 Å². The zero-order valence-corrected chi connectivity index (χ0v) is 11.9. The van der Waals surface area contributed by atoms with Crippen LogP contribution in [0.3, 0.4) is 0 Å². The van der Waals surface area contributed by atoms with E-state index < -0.39 is 0 Å². The van der Waals surface area contributed by atoms with Crippen molar-refractivity contribution in [3.05, 3.63) is 0 Å². The zero-order valence-electron chi connectivity index (χ0n) is 11.9. The number of rotatable bonds is 10. The maximum Gasteiger partial charge on any atom is 0.00796 e. The maximum absolute atomic E-state index is 3.57. The predicted molar refractivity (Wildman–Crippen MR) is 76.4 cm³/mol. The van der Waals surface area contributed by atoms with Crippen LogP contribution in [-0.2, 0) is 0 Å². The minimum Gasteiger partial charge on any atom is -0.317 e. The monoisotopic (exact) mass is 240 g/mol. The van der Waals surface area contributed by atoms with Crippen LogP contribution < -0.4 is 10.6 Å². The highest BCUT2D eigenvalue weighted by Gasteiger charge is 2.12. The largest absolute Gasteiger partial charge is 0.317 e. The Morgan fingerprint density at radius 1 is 1.12 bits per heavy atom. The van der Waals surface area contributed by atoms with Crippen LogP contribution in [0.5, 0.6) is 0 Å². The molecule has 0 radical (unpaired) electrons. The van der Waals surface area contributed by atoms with Gasteiger partial charge in [0.2, 0.25) is 0 Å². The van der Waals surface area contributed by atoms with E-state index in [1.807, 2.05) is 0 Å². The summed E-state index contributed by atoms with van der Waals surface area (Å²) in [6.45, 7) is 8.29. The quantitative estimate of drug-likeness (QED) is 0.572. The topological polar surface area (TPSA) is 24.1 Å². The second-order valence-electron chi connectivity index (χ2n) is 5.93. The summed E-state index contributed by atoms with van der Waals surface area (Å²) in [5.41, 5.74) is 0. The van der Waals surface area contributed by atoms with Gasteiger partial charge in [0, 0.05) is 6.04 Å². The molecule has 1 unspecified atom stereocenters. The van der Waals surface area contributed by atoms with Crippen molar-refractivity contribution in [2.45, 2.75) is 71.3 Å². The van der Waals surface area contributed by atoms with Gasteiger partial charge in [-0.15, -0.1) is 0 Å². The van der Waals surface area contributed by atoms with E-state index in [1.54, 1.807) is 0 Å². The van der Waals surface area contributed by atoms with E-state index in [9.17, 15) is 0 Å². The van der Waals surface area contributed by atoms with Gasteiger partial charge in [-0.25, -0.2) is 0 Å². The highest BCUT2D eigenvalue weighted by Crippen LogP contribution is 2.09. The molecule has 2 heteroatoms. The second kappa shape index (κ2) is 9.90. The molecule has 1 fully saturated rings. The number of hydrogen-bond donors (Lipinski definition) is 2. The van der Waals surface area contributed by atoms with Crippen molar-refractivity contribution in [3.63, 3.8) is 0 Å². The van der Waals surface area contributed by atoms with E-state index in [2.05, 4.69) is 24.5 Å². The minimum atomic E-state index is 0.800. The van der Waals surface area contributed by atoms with E-state index >= 15 is 0 Å². The van der Waals surface area contributed by atoms with E-state index in [0.717, 1.165) is 12.0 Å². The zero-order chi connectivity index (χ0) is 12.3. The summed E-state index contributed by atoms with van der Waals surface area (Å²) < 4.78 is 0. The van der Waals surface area contributed by atoms with Crippen molar-refractivity contribution >= 4 is 0 Å². The smallest absolute Gasteiger partial charge is 0.00796 e. The van der Waals surface area contributed by atoms with Crippen molar-refractivity contribution < 1.29 is 0 Å². The van der Waals surface area contributed by atoms with E-state index in [-0.39, 0.29) is 0 Å². The van der Waals surface area contributed by atoms with Crippen LogP contribution in [0.2, 0.25) is 0 Å². The highest BCUT2D eigenvalue weighted by molar-refractivity contribution is 4.74. The second-order valence-corrected chi connectivity index (χ2v) is 5.93. The van der Waals surface area contributed by atoms with Gasteiger partial charge in [0.1, 0.15) is 0 Å². The lowest BCUT2D eigenvalue weighted by atomic mass is 10.0. The van der Waals surface area contributed by atoms with E-state index in [1.165, 1.54) is 71.0 Å². The van der Waals surface area contributed by atoms with Crippen molar-refractivity contribution in [1.29, 1.82) is 0 Å². The summed E-state index contributed by atoms with van der Waals surface area (Å²) in [5.74, 6) is 0.882. The Hall–Kier alpha value is -0.0800. The van der Waals surface area contributed by atoms with Gasteiger partial charge in [-0.2, -0.15) is 0 Å². The first-order chi connectivity index (χ1) is 8.29. The molecule has 0 aromatic carbocycles. The van der Waals surface area contributed by atoms with Crippen molar-refractivity contribution in [2.24, 2.45) is 5.92 Å². The molecule has 1 rings (SSSR count). The number of unbranched alkanes of at least 4 members (excludes halogenated alkanes) is 3. The molecule has 0 aliphatic carbocycles. The Labute approximate surface area is 108 Å². The fourth-order valence-corrected chi connectivity index (χ4v) is 2.56. The number of hydrogen-bond acceptors (Lipinski definition) is 2. The van der Waals surface area contributed by atoms with Crippen LogP contribution in [0, 0.1) is 5.92 Å². The summed E-state index contributed by atoms with van der Waals surface area (Å²) in [6, 6.07) is 0.800. The average Bonchev–Trinajstić information content (AvgIpc) is 2.79. The molecule has 1 aliphatic heterocycles. The Morgan fingerprint density at radius 2 is 1.94 bits per heavy atom. The van der Waals surface area contributed by atoms with Crippen molar-refractivity contribution in [1.82, 2.24) is 10.6 Å². The third-order valence-electron chi connectivity index (χ3n) is 3.72. The fourth-order valence-electron chi connectivity index (χ4n) is 2.56. The summed E-state index contributed by atoms with van der Waals surface area (Å²) in [4.78, 5) is 0. The van der Waals surface area contributed by atoms with Gasteiger partial charge in [0.05, 0.1) is 0 Å². The van der Waals surface area contributed by atoms with E-state index in [4.69, 9.17) is 0 Å². The van der Waals surface area contributed by atoms with Crippen LogP contribution in [-0.4, -0.2) is 25.7 Å². The molecule has 1 atom stereocenters. The highest BCUT2D eigenvalue weighted by atomic mass is 14.9. The first-order valence-electron chi connectivity index (χ1n) is 7.73. The Kier molecular flexibility index (Phi) is 8.72. The molecule has 0 aromatic heterocycles. The summed E-state index contributed by atoms with van der Waals surface area (Å²) in [7, 11) is 0. The van der Waals surface area contributed by atoms with Crippen molar-refractivity contribution in [2.75, 3.05) is 19.6 Å². The molecule has 17 heavy (non-hydrogen) atoms. The normalized spacial score (nSPS) is 20.3. The predicted octanol–water partition coefficient (Wildman–Crippen LogP) is 3.32. The van der Waals surface area contributed by atoms with Gasteiger partial charge in [-0.05, 0) is 51.2 Å². The summed E-state index contributed by atoms with van der Waals surface area (Å²) in [6.07, 6.45) is 11.1. The Balaban J connectivity index is 1.72. The molecule has 0 amide bonds. The van der Waals surface area contributed by atoms with Crippen LogP contribution in [0.25, 0.3) is 0 Å². The standard InChI is InChI=1S/C15H32N2/c1-14(2)8-5-3-4-6-11-16-13-10-15-9-7-12-17-15/h14-17H,3-13H2,1-2H3. The molecular weight excluding hydrogens is 208 g/mol. The third kappa shape index (κ3) is 8.62. The lowest BCUT2D eigenvalue weighted by molar-refractivity contribution is 0.496. The molecular formula is C15H32N2. The summed E-state index contributed by atoms with van der Waals surface area (Å²) in [5, 5.41) is 7.12. The van der Waals surface area contributed by atoms with E-state index in [0.29, 0.717) is 0 Å². The fraction of sp³-hybridized carbons (Fsp3) is 1.00. The van der Waals surface area contributed by atoms with Gasteiger partial charge in [-0.1, -0.05) is 39.5 Å². The van der Waals surface area contributed by atoms with Crippen molar-refractivity contribution in [3.8, 4) is 0 Å². The first kappa shape index (κ1) is 15.0. The minimum absolute atomic E-state index is 0.800. The van der Waals surface area contributed by atoms with Gasteiger partial charge >= 0.3 is 0 Å². The molecule has 2 nitrogen and oxygen atoms in total. The lowest BCUT2D eigenvalue weighted by Crippen LogP contribution is -2.27. The first-order valence-corrected chi connectivity index (χ1v) is 7.73. The molecule has 2 N–H and O–H groups in total. The van der Waals surface area contributed by atoms with Crippen LogP contribution in [0.1, 0.15) is 65.2 Å². The Morgan fingerprint density at radius 3 is 2.65 bits per heavy atom. The van der Waals surface area contributed by atoms with Crippen LogP contribution in [0.4, 0.5) is 0 Å². The van der Waals surface area contributed by atoms with Gasteiger partial charge in [0.25, 0.3) is 0 Å².